The van der Waals surface area contributed by atoms with Crippen LogP contribution in [0.15, 0.2) is 48.6 Å². The van der Waals surface area contributed by atoms with E-state index in [1.807, 2.05) is 21.1 Å². The van der Waals surface area contributed by atoms with Gasteiger partial charge in [0.15, 0.2) is 12.1 Å². The predicted octanol–water partition coefficient (Wildman–Crippen LogP) is 15.1. The van der Waals surface area contributed by atoms with Gasteiger partial charge in [-0.1, -0.05) is 210 Å². The molecule has 63 heavy (non-hydrogen) atoms. The monoisotopic (exact) mass is 887 g/mol. The molecule has 0 heterocycles. The number of quaternary nitrogens is 1. The average Bonchev–Trinajstić information content (AvgIpc) is 3.24. The van der Waals surface area contributed by atoms with Gasteiger partial charge in [-0.15, -0.1) is 0 Å². The topological polar surface area (TPSA) is 99.1 Å². The van der Waals surface area contributed by atoms with Crippen molar-refractivity contribution < 1.29 is 38.2 Å². The highest BCUT2D eigenvalue weighted by Crippen LogP contribution is 2.16. The highest BCUT2D eigenvalue weighted by molar-refractivity contribution is 5.72. The second kappa shape index (κ2) is 45.8. The van der Waals surface area contributed by atoms with Crippen molar-refractivity contribution in [2.24, 2.45) is 0 Å². The van der Waals surface area contributed by atoms with E-state index >= 15 is 0 Å². The second-order valence-electron chi connectivity index (χ2n) is 18.8. The number of carboxylic acids is 1. The van der Waals surface area contributed by atoms with Gasteiger partial charge in [0, 0.05) is 19.3 Å². The minimum atomic E-state index is -0.874. The van der Waals surface area contributed by atoms with Crippen LogP contribution in [0.5, 0.6) is 0 Å². The lowest BCUT2D eigenvalue weighted by Gasteiger charge is -2.31. The number of carbonyl (C=O) groups is 3. The van der Waals surface area contributed by atoms with E-state index in [1.54, 1.807) is 0 Å². The van der Waals surface area contributed by atoms with E-state index in [-0.39, 0.29) is 36.2 Å². The zero-order chi connectivity index (χ0) is 46.3. The fraction of sp³-hybridized carbons (Fsp3) is 0.800. The number of ether oxygens (including phenoxy) is 3. The molecule has 1 N–H and O–H groups in total. The Labute approximate surface area is 388 Å². The third-order valence-corrected chi connectivity index (χ3v) is 11.7. The van der Waals surface area contributed by atoms with Crippen LogP contribution in [-0.2, 0) is 28.6 Å². The van der Waals surface area contributed by atoms with Crippen molar-refractivity contribution >= 4 is 17.9 Å². The van der Waals surface area contributed by atoms with Gasteiger partial charge in [0.05, 0.1) is 34.4 Å². The van der Waals surface area contributed by atoms with Gasteiger partial charge in [-0.3, -0.25) is 9.59 Å². The molecule has 0 radical (unpaired) electrons. The van der Waals surface area contributed by atoms with Gasteiger partial charge < -0.3 is 23.8 Å². The van der Waals surface area contributed by atoms with E-state index in [1.165, 1.54) is 128 Å². The highest BCUT2D eigenvalue weighted by atomic mass is 16.6. The van der Waals surface area contributed by atoms with E-state index in [4.69, 9.17) is 14.2 Å². The number of hydrogen-bond donors (Lipinski definition) is 1. The van der Waals surface area contributed by atoms with Gasteiger partial charge in [-0.2, -0.15) is 0 Å². The molecular formula is C55H100NO7+. The molecule has 0 aromatic heterocycles. The molecule has 0 saturated carbocycles. The predicted molar refractivity (Wildman–Crippen MR) is 266 cm³/mol. The first-order chi connectivity index (χ1) is 30.6. The summed E-state index contributed by atoms with van der Waals surface area (Å²) < 4.78 is 17.4. The summed E-state index contributed by atoms with van der Waals surface area (Å²) >= 11 is 0. The van der Waals surface area contributed by atoms with Crippen LogP contribution in [0, 0.1) is 0 Å². The Bertz CT molecular complexity index is 1170. The fourth-order valence-corrected chi connectivity index (χ4v) is 7.73. The van der Waals surface area contributed by atoms with Crippen LogP contribution in [0.2, 0.25) is 0 Å². The maximum absolute atomic E-state index is 12.8. The molecule has 0 bridgehead atoms. The molecule has 0 aromatic rings. The number of rotatable bonds is 47. The Morgan fingerprint density at radius 2 is 0.889 bits per heavy atom. The number of carboxylic acid groups (broad SMARTS) is 1. The number of nitrogens with zero attached hydrogens (tertiary/aromatic N) is 1. The molecule has 0 amide bonds. The molecule has 0 fully saturated rings. The quantitative estimate of drug-likeness (QED) is 0.0281. The number of allylic oxidation sites excluding steroid dienone is 8. The van der Waals surface area contributed by atoms with Gasteiger partial charge in [0.2, 0.25) is 0 Å². The summed E-state index contributed by atoms with van der Waals surface area (Å²) in [6.07, 6.45) is 55.8. The molecule has 2 atom stereocenters. The van der Waals surface area contributed by atoms with E-state index in [0.717, 1.165) is 70.6 Å². The van der Waals surface area contributed by atoms with Gasteiger partial charge in [-0.05, 0) is 51.4 Å². The third kappa shape index (κ3) is 44.3. The smallest absolute Gasteiger partial charge is 0.362 e. The normalized spacial score (nSPS) is 13.2. The summed E-state index contributed by atoms with van der Waals surface area (Å²) in [5.74, 6) is -1.46. The minimum absolute atomic E-state index is 0.0520. The Morgan fingerprint density at radius 1 is 0.492 bits per heavy atom. The first-order valence-corrected chi connectivity index (χ1v) is 26.2. The summed E-state index contributed by atoms with van der Waals surface area (Å²) in [7, 11) is 5.54. The lowest BCUT2D eigenvalue weighted by molar-refractivity contribution is -0.887. The van der Waals surface area contributed by atoms with Crippen molar-refractivity contribution in [3.05, 3.63) is 48.6 Å². The number of esters is 2. The first kappa shape index (κ1) is 60.3. The fourth-order valence-electron chi connectivity index (χ4n) is 7.73. The maximum atomic E-state index is 12.8. The first-order valence-electron chi connectivity index (χ1n) is 26.2. The van der Waals surface area contributed by atoms with Crippen LogP contribution in [-0.4, -0.2) is 80.6 Å². The number of unbranched alkanes of at least 4 members (excludes halogenated alkanes) is 25. The van der Waals surface area contributed by atoms with Gasteiger partial charge >= 0.3 is 17.9 Å². The minimum Gasteiger partial charge on any atom is -0.477 e. The summed E-state index contributed by atoms with van der Waals surface area (Å²) in [5, 5.41) is 9.66. The molecule has 0 saturated heterocycles. The molecule has 0 aliphatic carbocycles. The lowest BCUT2D eigenvalue weighted by Crippen LogP contribution is -2.50. The van der Waals surface area contributed by atoms with Crippen LogP contribution in [0.3, 0.4) is 0 Å². The van der Waals surface area contributed by atoms with Crippen LogP contribution in [0.4, 0.5) is 0 Å². The number of aliphatic carboxylic acids is 1. The van der Waals surface area contributed by atoms with Crippen LogP contribution < -0.4 is 0 Å². The Balaban J connectivity index is 4.22. The number of carbonyl (C=O) groups excluding carboxylic acids is 2. The molecule has 366 valence electrons. The molecule has 0 rings (SSSR count). The number of hydrogen-bond acceptors (Lipinski definition) is 6. The molecule has 0 aliphatic rings. The van der Waals surface area contributed by atoms with Gasteiger partial charge in [0.25, 0.3) is 0 Å². The second-order valence-corrected chi connectivity index (χ2v) is 18.8. The standard InChI is InChI=1S/C55H99NO7/c1-6-8-10-12-14-16-18-20-22-24-25-26-27-28-30-31-33-35-37-39-41-43-45-53(57)62-50-51(49-61-48-47-52(55(59)60)56(3,4)5)63-54(58)46-44-42-40-38-36-34-32-29-23-21-19-17-15-13-11-9-7-2/h8,10,14,16,20,22,25-26,51-52H,6-7,9,11-13,15,17-19,21,23-24,27-50H2,1-5H3/p+1/b10-8+,16-14+,22-20+,26-25+. The van der Waals surface area contributed by atoms with Crippen molar-refractivity contribution in [3.8, 4) is 0 Å². The summed E-state index contributed by atoms with van der Waals surface area (Å²) in [6.45, 7) is 4.65. The molecule has 0 aromatic carbocycles. The maximum Gasteiger partial charge on any atom is 0.362 e. The van der Waals surface area contributed by atoms with Crippen LogP contribution in [0.25, 0.3) is 0 Å². The van der Waals surface area contributed by atoms with Crippen molar-refractivity contribution in [2.75, 3.05) is 41.0 Å². The van der Waals surface area contributed by atoms with Gasteiger partial charge in [0.1, 0.15) is 6.61 Å². The zero-order valence-electron chi connectivity index (χ0n) is 41.8. The highest BCUT2D eigenvalue weighted by Gasteiger charge is 2.31. The molecule has 8 heteroatoms. The van der Waals surface area contributed by atoms with Gasteiger partial charge in [-0.25, -0.2) is 4.79 Å². The van der Waals surface area contributed by atoms with Crippen LogP contribution >= 0.6 is 0 Å². The lowest BCUT2D eigenvalue weighted by atomic mass is 10.0. The molecular weight excluding hydrogens is 787 g/mol. The summed E-state index contributed by atoms with van der Waals surface area (Å²) in [5.41, 5.74) is 0. The van der Waals surface area contributed by atoms with Crippen molar-refractivity contribution in [1.29, 1.82) is 0 Å². The summed E-state index contributed by atoms with van der Waals surface area (Å²) in [4.78, 5) is 37.2. The average molecular weight is 887 g/mol. The van der Waals surface area contributed by atoms with Crippen molar-refractivity contribution in [3.63, 3.8) is 0 Å². The Morgan fingerprint density at radius 3 is 1.32 bits per heavy atom. The largest absolute Gasteiger partial charge is 0.477 e. The van der Waals surface area contributed by atoms with Crippen LogP contribution in [0.1, 0.15) is 232 Å². The van der Waals surface area contributed by atoms with Crippen molar-refractivity contribution in [1.82, 2.24) is 0 Å². The van der Waals surface area contributed by atoms with E-state index in [2.05, 4.69) is 62.5 Å². The molecule has 0 aliphatic heterocycles. The SMILES string of the molecule is CC/C=C/C/C=C/C/C=C/C/C=C/CCCCCCCCCCCC(=O)OCC(COCCC(C(=O)O)[N+](C)(C)C)OC(=O)CCCCCCCCCCCCCCCCCCC. The van der Waals surface area contributed by atoms with E-state index in [9.17, 15) is 19.5 Å². The van der Waals surface area contributed by atoms with Crippen molar-refractivity contribution in [2.45, 2.75) is 244 Å². The third-order valence-electron chi connectivity index (χ3n) is 11.7. The Kier molecular flexibility index (Phi) is 43.9. The Hall–Kier alpha value is -2.71. The van der Waals surface area contributed by atoms with E-state index in [0.29, 0.717) is 19.3 Å². The van der Waals surface area contributed by atoms with E-state index < -0.39 is 18.1 Å². The zero-order valence-corrected chi connectivity index (χ0v) is 41.8. The molecule has 0 spiro atoms. The summed E-state index contributed by atoms with van der Waals surface area (Å²) in [6, 6.07) is -0.615. The molecule has 8 nitrogen and oxygen atoms in total. The molecule has 2 unspecified atom stereocenters. The number of likely N-dealkylation sites (N-methyl/N-ethyl adjacent to an activating group) is 1.